The molecule has 1 aliphatic rings. The molecule has 0 spiro atoms. The number of nitrogens with one attached hydrogen (secondary N) is 1. The minimum Gasteiger partial charge on any atom is -0.375 e. The number of rotatable bonds is 4. The molecule has 0 bridgehead atoms. The van der Waals surface area contributed by atoms with Crippen LogP contribution in [0.25, 0.3) is 0 Å². The summed E-state index contributed by atoms with van der Waals surface area (Å²) in [6, 6.07) is 0. The number of amides is 2. The van der Waals surface area contributed by atoms with E-state index in [9.17, 15) is 9.59 Å². The van der Waals surface area contributed by atoms with Gasteiger partial charge in [0.25, 0.3) is 0 Å². The smallest absolute Gasteiger partial charge is 0.248 e. The van der Waals surface area contributed by atoms with E-state index in [4.69, 9.17) is 9.26 Å². The fourth-order valence-electron chi connectivity index (χ4n) is 2.39. The van der Waals surface area contributed by atoms with E-state index >= 15 is 0 Å². The molecule has 1 saturated heterocycles. The fraction of sp³-hybridized carbons (Fsp3) is 0.667. The van der Waals surface area contributed by atoms with Gasteiger partial charge >= 0.3 is 0 Å². The standard InChI is InChI=1S/C12H18N4O4/c1-7-14-12(20-15-7)9-5-16(10(17)6-19-3)4-8(9)11(18)13-2/h8-9H,4-6H2,1-3H3,(H,13,18)/t8-,9-/m1/s1. The van der Waals surface area contributed by atoms with Crippen molar-refractivity contribution in [2.45, 2.75) is 12.8 Å². The summed E-state index contributed by atoms with van der Waals surface area (Å²) < 4.78 is 9.99. The molecule has 0 aromatic carbocycles. The van der Waals surface area contributed by atoms with Crippen LogP contribution < -0.4 is 5.32 Å². The van der Waals surface area contributed by atoms with Crippen LogP contribution >= 0.6 is 0 Å². The molecular weight excluding hydrogens is 264 g/mol. The van der Waals surface area contributed by atoms with Crippen molar-refractivity contribution in [3.63, 3.8) is 0 Å². The average Bonchev–Trinajstić information content (AvgIpc) is 3.04. The molecule has 1 N–H and O–H groups in total. The van der Waals surface area contributed by atoms with Gasteiger partial charge < -0.3 is 19.5 Å². The van der Waals surface area contributed by atoms with E-state index < -0.39 is 0 Å². The minimum absolute atomic E-state index is 0.00392. The summed E-state index contributed by atoms with van der Waals surface area (Å²) in [5.41, 5.74) is 0. The number of aryl methyl sites for hydroxylation is 1. The summed E-state index contributed by atoms with van der Waals surface area (Å²) in [5.74, 6) is -0.0579. The Morgan fingerprint density at radius 1 is 1.50 bits per heavy atom. The van der Waals surface area contributed by atoms with Crippen molar-refractivity contribution in [2.24, 2.45) is 5.92 Å². The highest BCUT2D eigenvalue weighted by atomic mass is 16.5. The molecule has 1 aromatic heterocycles. The van der Waals surface area contributed by atoms with Crippen molar-refractivity contribution in [3.8, 4) is 0 Å². The Balaban J connectivity index is 2.19. The highest BCUT2D eigenvalue weighted by molar-refractivity contribution is 5.83. The Bertz CT molecular complexity index is 501. The van der Waals surface area contributed by atoms with Crippen LogP contribution in [0.15, 0.2) is 4.52 Å². The lowest BCUT2D eigenvalue weighted by atomic mass is 9.95. The van der Waals surface area contributed by atoms with Gasteiger partial charge in [-0.15, -0.1) is 0 Å². The van der Waals surface area contributed by atoms with Gasteiger partial charge in [-0.05, 0) is 6.92 Å². The lowest BCUT2D eigenvalue weighted by Crippen LogP contribution is -2.35. The van der Waals surface area contributed by atoms with Crippen LogP contribution in [0.2, 0.25) is 0 Å². The third kappa shape index (κ3) is 2.79. The lowest BCUT2D eigenvalue weighted by molar-refractivity contribution is -0.134. The van der Waals surface area contributed by atoms with Gasteiger partial charge in [-0.3, -0.25) is 9.59 Å². The van der Waals surface area contributed by atoms with Crippen molar-refractivity contribution < 1.29 is 18.8 Å². The third-order valence-corrected chi connectivity index (χ3v) is 3.38. The topological polar surface area (TPSA) is 97.6 Å². The summed E-state index contributed by atoms with van der Waals surface area (Å²) in [6.45, 7) is 2.41. The molecule has 1 fully saturated rings. The second-order valence-electron chi connectivity index (χ2n) is 4.74. The minimum atomic E-state index is -0.388. The summed E-state index contributed by atoms with van der Waals surface area (Å²) in [4.78, 5) is 29.6. The van der Waals surface area contributed by atoms with Crippen LogP contribution in [0.1, 0.15) is 17.6 Å². The van der Waals surface area contributed by atoms with Gasteiger partial charge in [0, 0.05) is 27.2 Å². The zero-order valence-electron chi connectivity index (χ0n) is 11.8. The highest BCUT2D eigenvalue weighted by Gasteiger charge is 2.42. The number of carbonyl (C=O) groups is 2. The summed E-state index contributed by atoms with van der Waals surface area (Å²) in [5, 5.41) is 6.35. The molecule has 8 nitrogen and oxygen atoms in total. The highest BCUT2D eigenvalue weighted by Crippen LogP contribution is 2.32. The molecule has 0 radical (unpaired) electrons. The summed E-state index contributed by atoms with van der Waals surface area (Å²) >= 11 is 0. The molecule has 2 rings (SSSR count). The van der Waals surface area contributed by atoms with Crippen LogP contribution in [-0.2, 0) is 14.3 Å². The van der Waals surface area contributed by atoms with Gasteiger partial charge in [0.05, 0.1) is 11.8 Å². The number of methoxy groups -OCH3 is 1. The molecule has 2 heterocycles. The Morgan fingerprint density at radius 2 is 2.25 bits per heavy atom. The quantitative estimate of drug-likeness (QED) is 0.785. The first-order valence-electron chi connectivity index (χ1n) is 6.35. The van der Waals surface area contributed by atoms with Crippen molar-refractivity contribution in [1.82, 2.24) is 20.4 Å². The normalized spacial score (nSPS) is 22.1. The molecule has 2 amide bonds. The zero-order chi connectivity index (χ0) is 14.7. The Labute approximate surface area is 116 Å². The van der Waals surface area contributed by atoms with Gasteiger partial charge in [0.1, 0.15) is 6.61 Å². The van der Waals surface area contributed by atoms with Gasteiger partial charge in [-0.25, -0.2) is 0 Å². The van der Waals surface area contributed by atoms with Crippen LogP contribution in [0, 0.1) is 12.8 Å². The van der Waals surface area contributed by atoms with Crippen LogP contribution in [0.5, 0.6) is 0 Å². The van der Waals surface area contributed by atoms with Crippen molar-refractivity contribution in [3.05, 3.63) is 11.7 Å². The van der Waals surface area contributed by atoms with Crippen LogP contribution in [0.3, 0.4) is 0 Å². The molecule has 1 aliphatic heterocycles. The number of carbonyl (C=O) groups excluding carboxylic acids is 2. The van der Waals surface area contributed by atoms with Crippen molar-refractivity contribution in [1.29, 1.82) is 0 Å². The monoisotopic (exact) mass is 282 g/mol. The average molecular weight is 282 g/mol. The molecule has 20 heavy (non-hydrogen) atoms. The van der Waals surface area contributed by atoms with Gasteiger partial charge in [-0.2, -0.15) is 4.98 Å². The van der Waals surface area contributed by atoms with E-state index in [1.165, 1.54) is 7.11 Å². The molecule has 2 atom stereocenters. The molecule has 8 heteroatoms. The zero-order valence-corrected chi connectivity index (χ0v) is 11.8. The Hall–Kier alpha value is -1.96. The maximum absolute atomic E-state index is 12.0. The first-order valence-corrected chi connectivity index (χ1v) is 6.35. The first kappa shape index (κ1) is 14.4. The van der Waals surface area contributed by atoms with E-state index in [2.05, 4.69) is 15.5 Å². The van der Waals surface area contributed by atoms with E-state index in [1.54, 1.807) is 18.9 Å². The number of hydrogen-bond acceptors (Lipinski definition) is 6. The van der Waals surface area contributed by atoms with Crippen LogP contribution in [0.4, 0.5) is 0 Å². The van der Waals surface area contributed by atoms with Crippen LogP contribution in [-0.4, -0.2) is 60.7 Å². The van der Waals surface area contributed by atoms with E-state index in [0.29, 0.717) is 24.8 Å². The molecule has 0 unspecified atom stereocenters. The van der Waals surface area contributed by atoms with Gasteiger partial charge in [-0.1, -0.05) is 5.16 Å². The number of nitrogens with zero attached hydrogens (tertiary/aromatic N) is 3. The maximum atomic E-state index is 12.0. The predicted octanol–water partition coefficient (Wildman–Crippen LogP) is -0.688. The number of aromatic nitrogens is 2. The SMILES string of the molecule is CNC(=O)[C@@H]1CN(C(=O)COC)C[C@H]1c1nc(C)no1. The molecule has 0 saturated carbocycles. The summed E-state index contributed by atoms with van der Waals surface area (Å²) in [6.07, 6.45) is 0. The number of likely N-dealkylation sites (tertiary alicyclic amines) is 1. The third-order valence-electron chi connectivity index (χ3n) is 3.38. The molecule has 110 valence electrons. The molecule has 0 aliphatic carbocycles. The Morgan fingerprint density at radius 3 is 2.80 bits per heavy atom. The predicted molar refractivity (Wildman–Crippen MR) is 67.8 cm³/mol. The number of ether oxygens (including phenoxy) is 1. The van der Waals surface area contributed by atoms with E-state index in [1.807, 2.05) is 0 Å². The summed E-state index contributed by atoms with van der Waals surface area (Å²) in [7, 11) is 3.03. The largest absolute Gasteiger partial charge is 0.375 e. The number of hydrogen-bond donors (Lipinski definition) is 1. The molecule has 1 aromatic rings. The van der Waals surface area contributed by atoms with Crippen molar-refractivity contribution in [2.75, 3.05) is 33.9 Å². The second-order valence-corrected chi connectivity index (χ2v) is 4.74. The van der Waals surface area contributed by atoms with Crippen molar-refractivity contribution >= 4 is 11.8 Å². The van der Waals surface area contributed by atoms with E-state index in [0.717, 1.165) is 0 Å². The molecular formula is C12H18N4O4. The first-order chi connectivity index (χ1) is 9.56. The lowest BCUT2D eigenvalue weighted by Gasteiger charge is -2.15. The van der Waals surface area contributed by atoms with E-state index in [-0.39, 0.29) is 30.3 Å². The van der Waals surface area contributed by atoms with Gasteiger partial charge in [0.15, 0.2) is 5.82 Å². The maximum Gasteiger partial charge on any atom is 0.248 e. The Kier molecular flexibility index (Phi) is 4.33. The fourth-order valence-corrected chi connectivity index (χ4v) is 2.39. The van der Waals surface area contributed by atoms with Gasteiger partial charge in [0.2, 0.25) is 17.7 Å². The second kappa shape index (κ2) is 6.00.